The lowest BCUT2D eigenvalue weighted by Gasteiger charge is -2.42. The van der Waals surface area contributed by atoms with Gasteiger partial charge in [0.15, 0.2) is 0 Å². The maximum absolute atomic E-state index is 13.5. The van der Waals surface area contributed by atoms with E-state index in [0.717, 1.165) is 36.1 Å². The van der Waals surface area contributed by atoms with E-state index in [1.807, 2.05) is 49.2 Å². The Balaban J connectivity index is 1.96. The van der Waals surface area contributed by atoms with Crippen molar-refractivity contribution in [2.75, 3.05) is 13.1 Å². The van der Waals surface area contributed by atoms with Crippen LogP contribution in [0.25, 0.3) is 11.1 Å². The minimum Gasteiger partial charge on any atom is -0.353 e. The van der Waals surface area contributed by atoms with Gasteiger partial charge >= 0.3 is 0 Å². The number of hydrogen-bond acceptors (Lipinski definition) is 3. The number of carbonyl (C=O) groups excluding carboxylic acids is 2. The first-order valence-corrected chi connectivity index (χ1v) is 11.4. The zero-order chi connectivity index (χ0) is 22.4. The number of benzene rings is 1. The average Bonchev–Trinajstić information content (AvgIpc) is 2.74. The SMILES string of the molecule is CC(C)CC(=O)N1CCC[C@](Cc2ccccc2-c2cccnc2)(C(=O)NC(C)C)C1. The summed E-state index contributed by atoms with van der Waals surface area (Å²) in [7, 11) is 0. The Labute approximate surface area is 186 Å². The fourth-order valence-corrected chi connectivity index (χ4v) is 4.49. The van der Waals surface area contributed by atoms with Gasteiger partial charge in [-0.25, -0.2) is 0 Å². The highest BCUT2D eigenvalue weighted by molar-refractivity contribution is 5.85. The van der Waals surface area contributed by atoms with Crippen LogP contribution in [-0.2, 0) is 16.0 Å². The standard InChI is InChI=1S/C26H35N3O2/c1-19(2)15-24(30)29-14-8-12-26(18-29,25(31)28-20(3)4)16-21-9-5-6-11-23(21)22-10-7-13-27-17-22/h5-7,9-11,13,17,19-20H,8,12,14-16,18H2,1-4H3,(H,28,31)/t26-/m1/s1. The minimum absolute atomic E-state index is 0.0468. The summed E-state index contributed by atoms with van der Waals surface area (Å²) in [4.78, 5) is 32.6. The fourth-order valence-electron chi connectivity index (χ4n) is 4.49. The smallest absolute Gasteiger partial charge is 0.228 e. The molecule has 0 radical (unpaired) electrons. The van der Waals surface area contributed by atoms with E-state index < -0.39 is 5.41 Å². The van der Waals surface area contributed by atoms with Gasteiger partial charge in [-0.2, -0.15) is 0 Å². The van der Waals surface area contributed by atoms with Crippen LogP contribution in [-0.4, -0.2) is 40.8 Å². The fraction of sp³-hybridized carbons (Fsp3) is 0.500. The van der Waals surface area contributed by atoms with Gasteiger partial charge in [-0.15, -0.1) is 0 Å². The first-order valence-electron chi connectivity index (χ1n) is 11.4. The van der Waals surface area contributed by atoms with Gasteiger partial charge in [0.25, 0.3) is 0 Å². The number of aromatic nitrogens is 1. The number of rotatable bonds is 7. The summed E-state index contributed by atoms with van der Waals surface area (Å²) in [6.45, 7) is 9.29. The molecule has 166 valence electrons. The molecule has 2 aromatic rings. The van der Waals surface area contributed by atoms with Gasteiger partial charge in [0.05, 0.1) is 5.41 Å². The van der Waals surface area contributed by atoms with Gasteiger partial charge in [0.1, 0.15) is 0 Å². The zero-order valence-corrected chi connectivity index (χ0v) is 19.2. The van der Waals surface area contributed by atoms with Crippen molar-refractivity contribution in [1.29, 1.82) is 0 Å². The number of nitrogens with zero attached hydrogens (tertiary/aromatic N) is 2. The predicted molar refractivity (Wildman–Crippen MR) is 124 cm³/mol. The van der Waals surface area contributed by atoms with Crippen molar-refractivity contribution < 1.29 is 9.59 Å². The number of hydrogen-bond donors (Lipinski definition) is 1. The van der Waals surface area contributed by atoms with Gasteiger partial charge in [-0.3, -0.25) is 14.6 Å². The molecule has 5 nitrogen and oxygen atoms in total. The van der Waals surface area contributed by atoms with Crippen LogP contribution in [0.2, 0.25) is 0 Å². The third-order valence-electron chi connectivity index (χ3n) is 5.93. The van der Waals surface area contributed by atoms with E-state index in [-0.39, 0.29) is 17.9 Å². The molecule has 1 aliphatic heterocycles. The Bertz CT molecular complexity index is 895. The molecule has 0 saturated carbocycles. The summed E-state index contributed by atoms with van der Waals surface area (Å²) in [5.41, 5.74) is 2.62. The van der Waals surface area contributed by atoms with Crippen LogP contribution in [0.1, 0.15) is 52.5 Å². The van der Waals surface area contributed by atoms with Crippen LogP contribution in [0.15, 0.2) is 48.8 Å². The van der Waals surface area contributed by atoms with E-state index in [4.69, 9.17) is 0 Å². The monoisotopic (exact) mass is 421 g/mol. The van der Waals surface area contributed by atoms with E-state index in [9.17, 15) is 9.59 Å². The van der Waals surface area contributed by atoms with Crippen molar-refractivity contribution in [3.8, 4) is 11.1 Å². The minimum atomic E-state index is -0.631. The molecule has 0 bridgehead atoms. The molecule has 0 aliphatic carbocycles. The molecule has 1 N–H and O–H groups in total. The summed E-state index contributed by atoms with van der Waals surface area (Å²) in [5, 5.41) is 3.14. The van der Waals surface area contributed by atoms with E-state index in [1.54, 1.807) is 6.20 Å². The summed E-state index contributed by atoms with van der Waals surface area (Å²) < 4.78 is 0. The number of nitrogens with one attached hydrogen (secondary N) is 1. The zero-order valence-electron chi connectivity index (χ0n) is 19.2. The third kappa shape index (κ3) is 5.72. The number of piperidine rings is 1. The molecule has 1 atom stereocenters. The lowest BCUT2D eigenvalue weighted by Crippen LogP contribution is -2.55. The topological polar surface area (TPSA) is 62.3 Å². The van der Waals surface area contributed by atoms with Crippen molar-refractivity contribution >= 4 is 11.8 Å². The Kier molecular flexibility index (Phi) is 7.47. The van der Waals surface area contributed by atoms with E-state index in [2.05, 4.69) is 36.3 Å². The van der Waals surface area contributed by atoms with E-state index in [1.165, 1.54) is 0 Å². The summed E-state index contributed by atoms with van der Waals surface area (Å²) in [6.07, 6.45) is 6.36. The Hall–Kier alpha value is -2.69. The van der Waals surface area contributed by atoms with Crippen LogP contribution in [0.5, 0.6) is 0 Å². The Morgan fingerprint density at radius 1 is 1.13 bits per heavy atom. The highest BCUT2D eigenvalue weighted by Gasteiger charge is 2.44. The van der Waals surface area contributed by atoms with Gasteiger partial charge in [-0.05, 0) is 56.2 Å². The summed E-state index contributed by atoms with van der Waals surface area (Å²) in [6, 6.07) is 12.3. The maximum Gasteiger partial charge on any atom is 0.228 e. The van der Waals surface area contributed by atoms with Crippen molar-refractivity contribution in [2.24, 2.45) is 11.3 Å². The van der Waals surface area contributed by atoms with Crippen molar-refractivity contribution in [3.63, 3.8) is 0 Å². The number of carbonyl (C=O) groups is 2. The molecule has 0 spiro atoms. The highest BCUT2D eigenvalue weighted by atomic mass is 16.2. The Morgan fingerprint density at radius 3 is 2.58 bits per heavy atom. The molecule has 1 aromatic carbocycles. The summed E-state index contributed by atoms with van der Waals surface area (Å²) >= 11 is 0. The van der Waals surface area contributed by atoms with Crippen LogP contribution in [0, 0.1) is 11.3 Å². The second-order valence-corrected chi connectivity index (χ2v) is 9.50. The normalized spacial score (nSPS) is 19.0. The number of amides is 2. The first kappa shape index (κ1) is 23.0. The molecular weight excluding hydrogens is 386 g/mol. The number of pyridine rings is 1. The van der Waals surface area contributed by atoms with Crippen molar-refractivity contribution in [2.45, 2.75) is 59.4 Å². The predicted octanol–water partition coefficient (Wildman–Crippen LogP) is 4.47. The molecule has 2 amide bonds. The van der Waals surface area contributed by atoms with Crippen LogP contribution >= 0.6 is 0 Å². The molecule has 5 heteroatoms. The molecule has 1 aromatic heterocycles. The third-order valence-corrected chi connectivity index (χ3v) is 5.93. The molecule has 2 heterocycles. The number of likely N-dealkylation sites (tertiary alicyclic amines) is 1. The second-order valence-electron chi connectivity index (χ2n) is 9.50. The molecule has 1 aliphatic rings. The van der Waals surface area contributed by atoms with Crippen molar-refractivity contribution in [3.05, 3.63) is 54.4 Å². The van der Waals surface area contributed by atoms with Gasteiger partial charge in [0, 0.05) is 43.5 Å². The largest absolute Gasteiger partial charge is 0.353 e. The lowest BCUT2D eigenvalue weighted by molar-refractivity contribution is -0.142. The first-order chi connectivity index (χ1) is 14.8. The van der Waals surface area contributed by atoms with Gasteiger partial charge in [0.2, 0.25) is 11.8 Å². The second kappa shape index (κ2) is 10.1. The lowest BCUT2D eigenvalue weighted by atomic mass is 9.73. The molecule has 3 rings (SSSR count). The van der Waals surface area contributed by atoms with Gasteiger partial charge < -0.3 is 10.2 Å². The van der Waals surface area contributed by atoms with E-state index >= 15 is 0 Å². The van der Waals surface area contributed by atoms with Crippen LogP contribution in [0.4, 0.5) is 0 Å². The van der Waals surface area contributed by atoms with Crippen LogP contribution in [0.3, 0.4) is 0 Å². The molecule has 1 fully saturated rings. The molecule has 1 saturated heterocycles. The van der Waals surface area contributed by atoms with E-state index in [0.29, 0.717) is 25.3 Å². The highest BCUT2D eigenvalue weighted by Crippen LogP contribution is 2.37. The average molecular weight is 422 g/mol. The maximum atomic E-state index is 13.5. The molecular formula is C26H35N3O2. The van der Waals surface area contributed by atoms with Gasteiger partial charge in [-0.1, -0.05) is 44.2 Å². The summed E-state index contributed by atoms with van der Waals surface area (Å²) in [5.74, 6) is 0.502. The quantitative estimate of drug-likeness (QED) is 0.717. The molecule has 0 unspecified atom stereocenters. The molecule has 31 heavy (non-hydrogen) atoms. The van der Waals surface area contributed by atoms with Crippen LogP contribution < -0.4 is 5.32 Å². The Morgan fingerprint density at radius 2 is 1.90 bits per heavy atom. The van der Waals surface area contributed by atoms with Crippen molar-refractivity contribution in [1.82, 2.24) is 15.2 Å².